The maximum atomic E-state index is 12.2. The Balaban J connectivity index is 0.000000188. The number of primary amides is 1. The van der Waals surface area contributed by atoms with Gasteiger partial charge in [-0.15, -0.1) is 0 Å². The third-order valence-electron chi connectivity index (χ3n) is 8.19. The number of benzene rings is 4. The number of carbonyl (C=O) groups is 2. The molecule has 0 saturated heterocycles. The first-order valence-corrected chi connectivity index (χ1v) is 16.8. The molecule has 3 heterocycles. The number of anilines is 1. The zero-order chi connectivity index (χ0) is 38.9. The van der Waals surface area contributed by atoms with Crippen molar-refractivity contribution in [1.82, 2.24) is 19.9 Å². The fourth-order valence-electron chi connectivity index (χ4n) is 5.83. The van der Waals surface area contributed by atoms with E-state index in [2.05, 4.69) is 25.3 Å². The quantitative estimate of drug-likeness (QED) is 0.0896. The SMILES string of the molecule is CCOC(=O)c1cnc(-c2cc(OCOC)cc3ccccc23)cc1NC(N)=O.COCOc1cc(-c2cc3[nH]c(=O)[nH]c(=O)c3cn2)c2ccccc2c1. The number of fused-ring (bicyclic) bond motifs is 3. The molecule has 0 bridgehead atoms. The van der Waals surface area contributed by atoms with Gasteiger partial charge >= 0.3 is 17.7 Å². The Hall–Kier alpha value is -7.10. The Labute approximate surface area is 313 Å². The number of aromatic nitrogens is 4. The van der Waals surface area contributed by atoms with Crippen molar-refractivity contribution in [3.05, 3.63) is 124 Å². The summed E-state index contributed by atoms with van der Waals surface area (Å²) >= 11 is 0. The molecule has 0 aliphatic rings. The zero-order valence-corrected chi connectivity index (χ0v) is 30.0. The summed E-state index contributed by atoms with van der Waals surface area (Å²) in [6.45, 7) is 2.12. The number of esters is 1. The molecule has 3 aromatic heterocycles. The Morgan fingerprint density at radius 1 is 0.727 bits per heavy atom. The molecule has 0 aliphatic carbocycles. The topological polar surface area (TPSA) is 210 Å². The van der Waals surface area contributed by atoms with E-state index in [0.717, 1.165) is 32.7 Å². The molecule has 55 heavy (non-hydrogen) atoms. The number of ether oxygens (including phenoxy) is 5. The molecule has 15 heteroatoms. The average molecular weight is 745 g/mol. The number of hydrogen-bond acceptors (Lipinski definition) is 11. The first kappa shape index (κ1) is 37.7. The molecule has 0 spiro atoms. The number of nitrogens with two attached hydrogens (primary N) is 1. The van der Waals surface area contributed by atoms with Crippen molar-refractivity contribution >= 4 is 50.1 Å². The number of pyridine rings is 2. The first-order chi connectivity index (χ1) is 26.7. The second-order valence-electron chi connectivity index (χ2n) is 11.8. The largest absolute Gasteiger partial charge is 0.468 e. The number of amides is 2. The third-order valence-corrected chi connectivity index (χ3v) is 8.19. The minimum absolute atomic E-state index is 0.0987. The van der Waals surface area contributed by atoms with Gasteiger partial charge in [-0.1, -0.05) is 48.5 Å². The molecule has 2 amide bonds. The van der Waals surface area contributed by atoms with E-state index in [9.17, 15) is 19.2 Å². The summed E-state index contributed by atoms with van der Waals surface area (Å²) in [5, 5.41) is 6.63. The number of H-pyrrole nitrogens is 2. The Morgan fingerprint density at radius 2 is 1.29 bits per heavy atom. The van der Waals surface area contributed by atoms with E-state index in [1.54, 1.807) is 33.3 Å². The van der Waals surface area contributed by atoms with Crippen molar-refractivity contribution in [3.63, 3.8) is 0 Å². The van der Waals surface area contributed by atoms with Crippen LogP contribution in [0.4, 0.5) is 10.5 Å². The van der Waals surface area contributed by atoms with Gasteiger partial charge in [-0.3, -0.25) is 19.7 Å². The molecule has 0 atom stereocenters. The van der Waals surface area contributed by atoms with Crippen molar-refractivity contribution in [2.24, 2.45) is 5.73 Å². The highest BCUT2D eigenvalue weighted by atomic mass is 16.7. The molecular weight excluding hydrogens is 708 g/mol. The normalized spacial score (nSPS) is 10.8. The molecular formula is C40H36N6O9. The van der Waals surface area contributed by atoms with E-state index in [4.69, 9.17) is 29.4 Å². The van der Waals surface area contributed by atoms with Gasteiger partial charge in [0.25, 0.3) is 5.56 Å². The lowest BCUT2D eigenvalue weighted by molar-refractivity contribution is 0.0511. The molecule has 0 aliphatic heterocycles. The lowest BCUT2D eigenvalue weighted by atomic mass is 10.00. The van der Waals surface area contributed by atoms with Crippen LogP contribution in [-0.4, -0.2) is 66.3 Å². The predicted octanol–water partition coefficient (Wildman–Crippen LogP) is 5.97. The fourth-order valence-corrected chi connectivity index (χ4v) is 5.83. The van der Waals surface area contributed by atoms with Crippen molar-refractivity contribution in [2.45, 2.75) is 6.92 Å². The zero-order valence-electron chi connectivity index (χ0n) is 30.0. The standard InChI is InChI=1S/C21H21N3O5.C19H15N3O4/c1-3-28-20(25)17-11-23-18(10-19(17)24-21(22)26)16-9-14(29-12-27-2)8-13-6-4-5-7-15(13)16;1-25-10-26-12-6-11-4-2-3-5-13(11)14(7-12)16-8-17-15(9-20-16)18(23)22-19(24)21-17/h4-11H,3,12H2,1-2H3,(H3,22,23,24,26);2-9H,10H2,1H3,(H2,21,22,23,24). The summed E-state index contributed by atoms with van der Waals surface area (Å²) in [5.41, 5.74) is 7.75. The minimum Gasteiger partial charge on any atom is -0.468 e. The summed E-state index contributed by atoms with van der Waals surface area (Å²) < 4.78 is 26.2. The van der Waals surface area contributed by atoms with Crippen LogP contribution in [0.25, 0.3) is 55.0 Å². The number of urea groups is 1. The van der Waals surface area contributed by atoms with E-state index < -0.39 is 23.2 Å². The number of nitrogens with one attached hydrogen (secondary N) is 3. The predicted molar refractivity (Wildman–Crippen MR) is 207 cm³/mol. The van der Waals surface area contributed by atoms with Crippen molar-refractivity contribution in [1.29, 1.82) is 0 Å². The molecule has 0 unspecified atom stereocenters. The third kappa shape index (κ3) is 8.76. The smallest absolute Gasteiger partial charge is 0.341 e. The van der Waals surface area contributed by atoms with Gasteiger partial charge in [0, 0.05) is 37.7 Å². The van der Waals surface area contributed by atoms with E-state index in [1.165, 1.54) is 12.4 Å². The van der Waals surface area contributed by atoms with Gasteiger partial charge in [-0.25, -0.2) is 14.4 Å². The van der Waals surface area contributed by atoms with Crippen LogP contribution in [0.3, 0.4) is 0 Å². The molecule has 0 saturated carbocycles. The molecule has 7 rings (SSSR count). The highest BCUT2D eigenvalue weighted by Gasteiger charge is 2.18. The lowest BCUT2D eigenvalue weighted by Gasteiger charge is -2.14. The summed E-state index contributed by atoms with van der Waals surface area (Å²) in [5.74, 6) is 0.639. The van der Waals surface area contributed by atoms with Crippen LogP contribution in [-0.2, 0) is 14.2 Å². The highest BCUT2D eigenvalue weighted by molar-refractivity contribution is 6.03. The lowest BCUT2D eigenvalue weighted by Crippen LogP contribution is -2.21. The Kier molecular flexibility index (Phi) is 11.7. The van der Waals surface area contributed by atoms with Gasteiger partial charge in [-0.2, -0.15) is 0 Å². The Morgan fingerprint density at radius 3 is 1.85 bits per heavy atom. The summed E-state index contributed by atoms with van der Waals surface area (Å²) in [6, 6.07) is 25.6. The van der Waals surface area contributed by atoms with Crippen molar-refractivity contribution in [3.8, 4) is 34.0 Å². The van der Waals surface area contributed by atoms with Crippen LogP contribution in [0.1, 0.15) is 17.3 Å². The van der Waals surface area contributed by atoms with Gasteiger partial charge in [0.1, 0.15) is 17.1 Å². The fraction of sp³-hybridized carbons (Fsp3) is 0.150. The molecule has 4 aromatic carbocycles. The number of rotatable bonds is 11. The van der Waals surface area contributed by atoms with Gasteiger partial charge in [-0.05, 0) is 64.9 Å². The van der Waals surface area contributed by atoms with Gasteiger partial charge < -0.3 is 39.7 Å². The monoisotopic (exact) mass is 744 g/mol. The summed E-state index contributed by atoms with van der Waals surface area (Å²) in [4.78, 5) is 60.7. The van der Waals surface area contributed by atoms with Crippen molar-refractivity contribution < 1.29 is 33.3 Å². The van der Waals surface area contributed by atoms with Gasteiger partial charge in [0.15, 0.2) is 13.6 Å². The van der Waals surface area contributed by atoms with Crippen LogP contribution in [0.2, 0.25) is 0 Å². The van der Waals surface area contributed by atoms with Gasteiger partial charge in [0.2, 0.25) is 0 Å². The second-order valence-corrected chi connectivity index (χ2v) is 11.8. The van der Waals surface area contributed by atoms with Gasteiger partial charge in [0.05, 0.1) is 34.6 Å². The number of nitrogens with zero attached hydrogens (tertiary/aromatic N) is 2. The number of methoxy groups -OCH3 is 2. The van der Waals surface area contributed by atoms with Crippen LogP contribution >= 0.6 is 0 Å². The second kappa shape index (κ2) is 17.2. The summed E-state index contributed by atoms with van der Waals surface area (Å²) in [6.07, 6.45) is 2.81. The van der Waals surface area contributed by atoms with Crippen LogP contribution in [0, 0.1) is 0 Å². The van der Waals surface area contributed by atoms with E-state index >= 15 is 0 Å². The molecule has 5 N–H and O–H groups in total. The maximum absolute atomic E-state index is 12.2. The van der Waals surface area contributed by atoms with E-state index in [-0.39, 0.29) is 31.4 Å². The van der Waals surface area contributed by atoms with Crippen LogP contribution < -0.4 is 31.8 Å². The minimum atomic E-state index is -0.797. The van der Waals surface area contributed by atoms with Crippen LogP contribution in [0.5, 0.6) is 11.5 Å². The van der Waals surface area contributed by atoms with E-state index in [0.29, 0.717) is 33.8 Å². The number of aromatic amines is 2. The highest BCUT2D eigenvalue weighted by Crippen LogP contribution is 2.35. The molecule has 7 aromatic rings. The van der Waals surface area contributed by atoms with Crippen molar-refractivity contribution in [2.75, 3.05) is 39.7 Å². The first-order valence-electron chi connectivity index (χ1n) is 16.8. The van der Waals surface area contributed by atoms with E-state index in [1.807, 2.05) is 72.8 Å². The molecule has 15 nitrogen and oxygen atoms in total. The number of hydrogen-bond donors (Lipinski definition) is 4. The summed E-state index contributed by atoms with van der Waals surface area (Å²) in [7, 11) is 3.10. The molecule has 0 radical (unpaired) electrons. The van der Waals surface area contributed by atoms with Crippen LogP contribution in [0.15, 0.2) is 107 Å². The number of carbonyl (C=O) groups excluding carboxylic acids is 2. The average Bonchev–Trinajstić information content (AvgIpc) is 3.18. The maximum Gasteiger partial charge on any atom is 0.341 e. The Bertz CT molecular complexity index is 2640. The molecule has 280 valence electrons. The molecule has 0 fully saturated rings.